The minimum absolute atomic E-state index is 0.204. The van der Waals surface area contributed by atoms with Gasteiger partial charge in [-0.05, 0) is 77.0 Å². The number of allylic oxidation sites excluding steroid dienone is 1. The molecule has 4 aromatic rings. The van der Waals surface area contributed by atoms with E-state index < -0.39 is 12.0 Å². The Labute approximate surface area is 236 Å². The van der Waals surface area contributed by atoms with Crippen LogP contribution in [0, 0.1) is 3.57 Å². The molecule has 0 saturated heterocycles. The summed E-state index contributed by atoms with van der Waals surface area (Å²) in [5.41, 5.74) is 2.17. The number of fused-ring (bicyclic) bond motifs is 2. The molecular formula is C29H25IN2O5S. The molecule has 0 fully saturated rings. The van der Waals surface area contributed by atoms with Gasteiger partial charge < -0.3 is 14.2 Å². The molecule has 0 aliphatic carbocycles. The van der Waals surface area contributed by atoms with Crippen molar-refractivity contribution >= 4 is 56.7 Å². The Bertz CT molecular complexity index is 1790. The fraction of sp³-hybridized carbons (Fsp3) is 0.207. The molecule has 0 N–H and O–H groups in total. The summed E-state index contributed by atoms with van der Waals surface area (Å²) in [6, 6.07) is 16.6. The number of halogens is 1. The van der Waals surface area contributed by atoms with Gasteiger partial charge in [0.2, 0.25) is 0 Å². The van der Waals surface area contributed by atoms with Crippen molar-refractivity contribution in [2.45, 2.75) is 19.9 Å². The van der Waals surface area contributed by atoms with E-state index in [1.165, 1.54) is 11.3 Å². The van der Waals surface area contributed by atoms with E-state index in [1.54, 1.807) is 32.6 Å². The van der Waals surface area contributed by atoms with Gasteiger partial charge in [-0.15, -0.1) is 0 Å². The lowest BCUT2D eigenvalue weighted by molar-refractivity contribution is -0.139. The Morgan fingerprint density at radius 2 is 1.84 bits per heavy atom. The lowest BCUT2D eigenvalue weighted by Gasteiger charge is -2.27. The molecular weight excluding hydrogens is 615 g/mol. The molecule has 1 unspecified atom stereocenters. The smallest absolute Gasteiger partial charge is 0.338 e. The van der Waals surface area contributed by atoms with Crippen molar-refractivity contribution in [2.24, 2.45) is 4.99 Å². The first-order chi connectivity index (χ1) is 18.4. The van der Waals surface area contributed by atoms with Crippen LogP contribution in [0.2, 0.25) is 0 Å². The van der Waals surface area contributed by atoms with Gasteiger partial charge in [0.1, 0.15) is 17.5 Å². The molecule has 194 valence electrons. The van der Waals surface area contributed by atoms with Crippen LogP contribution in [-0.2, 0) is 9.53 Å². The third-order valence-corrected chi connectivity index (χ3v) is 8.24. The van der Waals surface area contributed by atoms with E-state index >= 15 is 0 Å². The van der Waals surface area contributed by atoms with Crippen molar-refractivity contribution in [1.82, 2.24) is 4.57 Å². The van der Waals surface area contributed by atoms with Gasteiger partial charge >= 0.3 is 5.97 Å². The number of hydrogen-bond donors (Lipinski definition) is 0. The van der Waals surface area contributed by atoms with Gasteiger partial charge in [0, 0.05) is 5.56 Å². The van der Waals surface area contributed by atoms with Gasteiger partial charge in [0.05, 0.1) is 40.2 Å². The normalized spacial score (nSPS) is 15.3. The fourth-order valence-electron chi connectivity index (χ4n) is 4.72. The van der Waals surface area contributed by atoms with Crippen molar-refractivity contribution in [1.29, 1.82) is 0 Å². The number of methoxy groups -OCH3 is 2. The molecule has 9 heteroatoms. The summed E-state index contributed by atoms with van der Waals surface area (Å²) >= 11 is 3.49. The number of hydrogen-bond acceptors (Lipinski definition) is 7. The van der Waals surface area contributed by atoms with Crippen molar-refractivity contribution in [2.75, 3.05) is 20.8 Å². The summed E-state index contributed by atoms with van der Waals surface area (Å²) in [5.74, 6) is 0.833. The Kier molecular flexibility index (Phi) is 7.40. The number of rotatable bonds is 6. The Balaban J connectivity index is 1.82. The quantitative estimate of drug-likeness (QED) is 0.228. The zero-order valence-electron chi connectivity index (χ0n) is 21.3. The third kappa shape index (κ3) is 4.54. The highest BCUT2D eigenvalue weighted by Gasteiger charge is 2.36. The van der Waals surface area contributed by atoms with Crippen molar-refractivity contribution in [3.63, 3.8) is 0 Å². The molecule has 0 saturated carbocycles. The van der Waals surface area contributed by atoms with Crippen LogP contribution < -0.4 is 24.4 Å². The predicted octanol–water partition coefficient (Wildman–Crippen LogP) is 4.57. The fourth-order valence-corrected chi connectivity index (χ4v) is 6.53. The standard InChI is InChI=1S/C29H25IN2O5S/c1-5-37-28(34)24-16(2)31-29-32(26(24)25-19-9-7-6-8-18(19)11-13-22(25)36-4)27(33)23(38-29)15-17-10-12-21(35-3)20(30)14-17/h6-15,26H,5H2,1-4H3/b23-15-. The van der Waals surface area contributed by atoms with Gasteiger partial charge in [0.25, 0.3) is 5.56 Å². The minimum atomic E-state index is -0.774. The molecule has 38 heavy (non-hydrogen) atoms. The van der Waals surface area contributed by atoms with Gasteiger partial charge in [-0.1, -0.05) is 47.7 Å². The van der Waals surface area contributed by atoms with E-state index in [0.29, 0.717) is 26.4 Å². The van der Waals surface area contributed by atoms with Gasteiger partial charge in [-0.3, -0.25) is 9.36 Å². The third-order valence-electron chi connectivity index (χ3n) is 6.41. The van der Waals surface area contributed by atoms with Gasteiger partial charge in [-0.2, -0.15) is 0 Å². The van der Waals surface area contributed by atoms with Crippen LogP contribution in [0.3, 0.4) is 0 Å². The van der Waals surface area contributed by atoms with Gasteiger partial charge in [-0.25, -0.2) is 9.79 Å². The van der Waals surface area contributed by atoms with Crippen LogP contribution in [0.5, 0.6) is 11.5 Å². The number of ether oxygens (including phenoxy) is 3. The highest BCUT2D eigenvalue weighted by atomic mass is 127. The average Bonchev–Trinajstić information content (AvgIpc) is 3.21. The maximum atomic E-state index is 14.0. The van der Waals surface area contributed by atoms with Crippen LogP contribution in [0.25, 0.3) is 16.8 Å². The molecule has 1 aliphatic rings. The highest BCUT2D eigenvalue weighted by Crippen LogP contribution is 2.40. The lowest BCUT2D eigenvalue weighted by Crippen LogP contribution is -2.40. The molecule has 1 aromatic heterocycles. The zero-order chi connectivity index (χ0) is 27.0. The second kappa shape index (κ2) is 10.7. The Morgan fingerprint density at radius 1 is 1.11 bits per heavy atom. The van der Waals surface area contributed by atoms with E-state index in [0.717, 1.165) is 31.2 Å². The molecule has 3 aromatic carbocycles. The number of aromatic nitrogens is 1. The van der Waals surface area contributed by atoms with E-state index in [2.05, 4.69) is 27.6 Å². The first kappa shape index (κ1) is 26.2. The molecule has 5 rings (SSSR count). The number of nitrogens with zero attached hydrogens (tertiary/aromatic N) is 2. The monoisotopic (exact) mass is 640 g/mol. The van der Waals surface area contributed by atoms with Crippen LogP contribution in [0.1, 0.15) is 31.0 Å². The predicted molar refractivity (Wildman–Crippen MR) is 157 cm³/mol. The number of thiazole rings is 1. The summed E-state index contributed by atoms with van der Waals surface area (Å²) in [6.45, 7) is 3.74. The number of esters is 1. The highest BCUT2D eigenvalue weighted by molar-refractivity contribution is 14.1. The van der Waals surface area contributed by atoms with Crippen molar-refractivity contribution in [3.05, 3.63) is 100 Å². The van der Waals surface area contributed by atoms with Crippen LogP contribution >= 0.6 is 33.9 Å². The van der Waals surface area contributed by atoms with Crippen LogP contribution in [-0.4, -0.2) is 31.4 Å². The first-order valence-electron chi connectivity index (χ1n) is 12.0. The number of carbonyl (C=O) groups is 1. The number of benzene rings is 3. The minimum Gasteiger partial charge on any atom is -0.496 e. The zero-order valence-corrected chi connectivity index (χ0v) is 24.3. The first-order valence-corrected chi connectivity index (χ1v) is 13.9. The van der Waals surface area contributed by atoms with E-state index in [9.17, 15) is 9.59 Å². The molecule has 7 nitrogen and oxygen atoms in total. The van der Waals surface area contributed by atoms with E-state index in [-0.39, 0.29) is 12.2 Å². The lowest BCUT2D eigenvalue weighted by atomic mass is 9.90. The molecule has 0 bridgehead atoms. The Hall–Kier alpha value is -3.44. The topological polar surface area (TPSA) is 79.1 Å². The second-order valence-corrected chi connectivity index (χ2v) is 10.8. The molecule has 2 heterocycles. The van der Waals surface area contributed by atoms with Crippen LogP contribution in [0.4, 0.5) is 0 Å². The maximum Gasteiger partial charge on any atom is 0.338 e. The summed E-state index contributed by atoms with van der Waals surface area (Å²) in [5, 5.41) is 1.85. The second-order valence-electron chi connectivity index (χ2n) is 8.60. The molecule has 0 amide bonds. The summed E-state index contributed by atoms with van der Waals surface area (Å²) in [6.07, 6.45) is 1.84. The van der Waals surface area contributed by atoms with Crippen LogP contribution in [0.15, 0.2) is 75.7 Å². The molecule has 0 spiro atoms. The van der Waals surface area contributed by atoms with Gasteiger partial charge in [0.15, 0.2) is 4.80 Å². The van der Waals surface area contributed by atoms with E-state index in [1.807, 2.05) is 60.7 Å². The summed E-state index contributed by atoms with van der Waals surface area (Å²) in [4.78, 5) is 32.5. The van der Waals surface area contributed by atoms with E-state index in [4.69, 9.17) is 14.2 Å². The number of carbonyl (C=O) groups excluding carboxylic acids is 1. The molecule has 1 aliphatic heterocycles. The van der Waals surface area contributed by atoms with Crippen molar-refractivity contribution in [3.8, 4) is 11.5 Å². The SMILES string of the molecule is CCOC(=O)C1=C(C)N=c2s/c(=C\c3ccc(OC)c(I)c3)c(=O)n2C1c1c(OC)ccc2ccccc12. The Morgan fingerprint density at radius 3 is 2.55 bits per heavy atom. The summed E-state index contributed by atoms with van der Waals surface area (Å²) < 4.78 is 19.6. The largest absolute Gasteiger partial charge is 0.496 e. The van der Waals surface area contributed by atoms with Crippen molar-refractivity contribution < 1.29 is 19.0 Å². The average molecular weight is 640 g/mol. The molecule has 0 radical (unpaired) electrons. The maximum absolute atomic E-state index is 14.0. The molecule has 1 atom stereocenters. The summed E-state index contributed by atoms with van der Waals surface area (Å²) in [7, 11) is 3.21.